The zero-order chi connectivity index (χ0) is 22.6. The lowest BCUT2D eigenvalue weighted by Crippen LogP contribution is -2.38. The summed E-state index contributed by atoms with van der Waals surface area (Å²) in [5.41, 5.74) is 8.63. The zero-order valence-electron chi connectivity index (χ0n) is 16.5. The van der Waals surface area contributed by atoms with E-state index in [4.69, 9.17) is 22.1 Å². The molecule has 2 aliphatic heterocycles. The number of aliphatic hydroxyl groups excluding tert-OH is 1. The second kappa shape index (κ2) is 7.70. The molecular formula is C20H20ClF2N3O4S. The molecular weight excluding hydrogens is 452 g/mol. The first-order valence-electron chi connectivity index (χ1n) is 9.39. The minimum atomic E-state index is -4.29. The van der Waals surface area contributed by atoms with E-state index in [1.165, 1.54) is 25.3 Å². The Labute approximate surface area is 183 Å². The lowest BCUT2D eigenvalue weighted by Gasteiger charge is -2.22. The van der Waals surface area contributed by atoms with Gasteiger partial charge in [0.05, 0.1) is 43.3 Å². The Morgan fingerprint density at radius 3 is 2.68 bits per heavy atom. The number of fused-ring (bicyclic) bond motifs is 1. The highest BCUT2D eigenvalue weighted by Gasteiger charge is 2.49. The predicted molar refractivity (Wildman–Crippen MR) is 112 cm³/mol. The zero-order valence-corrected chi connectivity index (χ0v) is 18.1. The molecule has 2 aromatic carbocycles. The summed E-state index contributed by atoms with van der Waals surface area (Å²) in [6, 6.07) is 6.42. The van der Waals surface area contributed by atoms with Crippen LogP contribution in [0.2, 0.25) is 5.02 Å². The fourth-order valence-electron chi connectivity index (χ4n) is 4.02. The van der Waals surface area contributed by atoms with Gasteiger partial charge in [-0.3, -0.25) is 4.99 Å². The van der Waals surface area contributed by atoms with Crippen molar-refractivity contribution in [2.24, 2.45) is 10.7 Å². The van der Waals surface area contributed by atoms with Crippen LogP contribution in [-0.4, -0.2) is 55.9 Å². The van der Waals surface area contributed by atoms with Crippen LogP contribution in [0.5, 0.6) is 5.75 Å². The quantitative estimate of drug-likeness (QED) is 0.697. The number of alkyl halides is 2. The van der Waals surface area contributed by atoms with Gasteiger partial charge < -0.3 is 15.6 Å². The van der Waals surface area contributed by atoms with Crippen molar-refractivity contribution in [2.75, 3.05) is 20.3 Å². The van der Waals surface area contributed by atoms with Gasteiger partial charge in [0.25, 0.3) is 5.92 Å². The van der Waals surface area contributed by atoms with Crippen molar-refractivity contribution in [2.45, 2.75) is 29.8 Å². The number of hydrogen-bond donors (Lipinski definition) is 2. The van der Waals surface area contributed by atoms with E-state index in [0.717, 1.165) is 5.56 Å². The van der Waals surface area contributed by atoms with E-state index in [1.54, 1.807) is 6.07 Å². The Hall–Kier alpha value is -2.27. The SMILES string of the molecule is COc1c(-c2ccc(S(=O)(=O)N3CC(F)(F)C[C@H]3CO)cc2Cl)ccc2c1C(N)=NC2. The maximum atomic E-state index is 13.8. The number of nitrogens with two attached hydrogens (primary N) is 1. The molecule has 0 aromatic heterocycles. The molecule has 0 saturated carbocycles. The average molecular weight is 472 g/mol. The van der Waals surface area contributed by atoms with Crippen molar-refractivity contribution in [3.8, 4) is 16.9 Å². The van der Waals surface area contributed by atoms with Crippen molar-refractivity contribution < 1.29 is 27.0 Å². The lowest BCUT2D eigenvalue weighted by atomic mass is 9.98. The Morgan fingerprint density at radius 1 is 1.32 bits per heavy atom. The number of aliphatic hydroxyl groups is 1. The first-order valence-corrected chi connectivity index (χ1v) is 11.2. The number of nitrogens with zero attached hydrogens (tertiary/aromatic N) is 2. The third-order valence-electron chi connectivity index (χ3n) is 5.50. The molecule has 4 rings (SSSR count). The number of aliphatic imine (C=N–C) groups is 1. The van der Waals surface area contributed by atoms with Gasteiger partial charge in [0, 0.05) is 22.6 Å². The van der Waals surface area contributed by atoms with E-state index in [2.05, 4.69) is 4.99 Å². The fourth-order valence-corrected chi connectivity index (χ4v) is 6.04. The molecule has 0 amide bonds. The smallest absolute Gasteiger partial charge is 0.263 e. The first-order chi connectivity index (χ1) is 14.6. The summed E-state index contributed by atoms with van der Waals surface area (Å²) in [5, 5.41) is 9.48. The van der Waals surface area contributed by atoms with Crippen LogP contribution in [0.25, 0.3) is 11.1 Å². The second-order valence-electron chi connectivity index (χ2n) is 7.47. The number of ether oxygens (including phenoxy) is 1. The number of amidine groups is 1. The Kier molecular flexibility index (Phi) is 5.45. The summed E-state index contributed by atoms with van der Waals surface area (Å²) >= 11 is 6.42. The van der Waals surface area contributed by atoms with Gasteiger partial charge in [-0.25, -0.2) is 17.2 Å². The van der Waals surface area contributed by atoms with Crippen LogP contribution in [0.1, 0.15) is 17.5 Å². The van der Waals surface area contributed by atoms with Gasteiger partial charge in [0.1, 0.15) is 11.6 Å². The highest BCUT2D eigenvalue weighted by atomic mass is 35.5. The van der Waals surface area contributed by atoms with Gasteiger partial charge in [0.15, 0.2) is 0 Å². The highest BCUT2D eigenvalue weighted by Crippen LogP contribution is 2.42. The summed E-state index contributed by atoms with van der Waals surface area (Å²) < 4.78 is 59.7. The Morgan fingerprint density at radius 2 is 2.03 bits per heavy atom. The Balaban J connectivity index is 1.75. The summed E-state index contributed by atoms with van der Waals surface area (Å²) in [6.07, 6.45) is -0.732. The molecule has 166 valence electrons. The predicted octanol–water partition coefficient (Wildman–Crippen LogP) is 2.63. The monoisotopic (exact) mass is 471 g/mol. The van der Waals surface area contributed by atoms with Crippen LogP contribution in [0.4, 0.5) is 8.78 Å². The number of rotatable bonds is 5. The summed E-state index contributed by atoms with van der Waals surface area (Å²) in [5.74, 6) is -2.40. The van der Waals surface area contributed by atoms with E-state index in [0.29, 0.717) is 39.1 Å². The molecule has 0 spiro atoms. The number of benzene rings is 2. The van der Waals surface area contributed by atoms with Gasteiger partial charge in [-0.15, -0.1) is 0 Å². The number of hydrogen-bond acceptors (Lipinski definition) is 6. The molecule has 0 radical (unpaired) electrons. The van der Waals surface area contributed by atoms with Crippen LogP contribution < -0.4 is 10.5 Å². The molecule has 7 nitrogen and oxygen atoms in total. The van der Waals surface area contributed by atoms with Gasteiger partial charge in [-0.05, 0) is 17.7 Å². The fraction of sp³-hybridized carbons (Fsp3) is 0.350. The van der Waals surface area contributed by atoms with Crippen LogP contribution >= 0.6 is 11.6 Å². The number of sulfonamides is 1. The topological polar surface area (TPSA) is 105 Å². The summed E-state index contributed by atoms with van der Waals surface area (Å²) in [7, 11) is -2.80. The molecule has 31 heavy (non-hydrogen) atoms. The maximum absolute atomic E-state index is 13.8. The van der Waals surface area contributed by atoms with Crippen molar-refractivity contribution in [1.82, 2.24) is 4.31 Å². The van der Waals surface area contributed by atoms with Crippen molar-refractivity contribution >= 4 is 27.5 Å². The van der Waals surface area contributed by atoms with Gasteiger partial charge in [-0.2, -0.15) is 4.31 Å². The second-order valence-corrected chi connectivity index (χ2v) is 9.77. The summed E-state index contributed by atoms with van der Waals surface area (Å²) in [6.45, 7) is -1.25. The normalized spacial score (nSPS) is 20.5. The third-order valence-corrected chi connectivity index (χ3v) is 7.71. The molecule has 2 heterocycles. The minimum Gasteiger partial charge on any atom is -0.495 e. The molecule has 3 N–H and O–H groups in total. The molecule has 1 fully saturated rings. The van der Waals surface area contributed by atoms with E-state index >= 15 is 0 Å². The van der Waals surface area contributed by atoms with Gasteiger partial charge in [-0.1, -0.05) is 29.8 Å². The molecule has 2 aliphatic rings. The highest BCUT2D eigenvalue weighted by molar-refractivity contribution is 7.89. The largest absolute Gasteiger partial charge is 0.495 e. The molecule has 11 heteroatoms. The van der Waals surface area contributed by atoms with Crippen LogP contribution in [0, 0.1) is 0 Å². The molecule has 2 aromatic rings. The molecule has 1 saturated heterocycles. The molecule has 0 bridgehead atoms. The molecule has 1 atom stereocenters. The Bertz CT molecular complexity index is 1190. The van der Waals surface area contributed by atoms with Crippen LogP contribution in [0.15, 0.2) is 40.2 Å². The van der Waals surface area contributed by atoms with Crippen LogP contribution in [-0.2, 0) is 16.6 Å². The minimum absolute atomic E-state index is 0.0966. The van der Waals surface area contributed by atoms with Crippen molar-refractivity contribution in [3.63, 3.8) is 0 Å². The number of halogens is 3. The molecule has 0 unspecified atom stereocenters. The maximum Gasteiger partial charge on any atom is 0.263 e. The van der Waals surface area contributed by atoms with Crippen molar-refractivity contribution in [3.05, 3.63) is 46.5 Å². The van der Waals surface area contributed by atoms with Crippen LogP contribution in [0.3, 0.4) is 0 Å². The first kappa shape index (κ1) is 21.9. The third kappa shape index (κ3) is 3.67. The average Bonchev–Trinajstić information content (AvgIpc) is 3.26. The van der Waals surface area contributed by atoms with E-state index in [9.17, 15) is 22.3 Å². The van der Waals surface area contributed by atoms with E-state index < -0.39 is 41.6 Å². The van der Waals surface area contributed by atoms with E-state index in [1.807, 2.05) is 6.07 Å². The lowest BCUT2D eigenvalue weighted by molar-refractivity contribution is 0.0161. The standard InChI is InChI=1S/C20H20ClF2N3O4S/c1-30-18-15(4-2-11-8-25-19(24)17(11)18)14-5-3-13(6-16(14)21)31(28,29)26-10-20(22,23)7-12(26)9-27/h2-6,12,27H,7-10H2,1H3,(H2,24,25)/t12-/m0/s1. The van der Waals surface area contributed by atoms with E-state index in [-0.39, 0.29) is 9.92 Å². The van der Waals surface area contributed by atoms with Gasteiger partial charge >= 0.3 is 0 Å². The van der Waals surface area contributed by atoms with Gasteiger partial charge in [0.2, 0.25) is 10.0 Å². The summed E-state index contributed by atoms with van der Waals surface area (Å²) in [4.78, 5) is 3.96. The molecule has 0 aliphatic carbocycles. The van der Waals surface area contributed by atoms with Crippen molar-refractivity contribution in [1.29, 1.82) is 0 Å². The number of methoxy groups -OCH3 is 1.